The number of hydrogen-bond acceptors (Lipinski definition) is 4. The number of rotatable bonds is 5. The fourth-order valence-corrected chi connectivity index (χ4v) is 1.91. The lowest BCUT2D eigenvalue weighted by Crippen LogP contribution is -2.15. The number of carboxylic acids is 1. The zero-order valence-corrected chi connectivity index (χ0v) is 12.4. The average molecular weight is 299 g/mol. The number of nitrogens with zero attached hydrogens (tertiary/aromatic N) is 2. The maximum atomic E-state index is 12.0. The van der Waals surface area contributed by atoms with Gasteiger partial charge in [-0.05, 0) is 17.7 Å². The maximum Gasteiger partial charge on any atom is 0.335 e. The van der Waals surface area contributed by atoms with Gasteiger partial charge in [0.25, 0.3) is 0 Å². The molecule has 0 atom stereocenters. The summed E-state index contributed by atoms with van der Waals surface area (Å²) in [6.45, 7) is 3.98. The van der Waals surface area contributed by atoms with Gasteiger partial charge in [0.05, 0.1) is 30.1 Å². The first-order valence-electron chi connectivity index (χ1n) is 6.89. The molecule has 6 heteroatoms. The molecule has 2 rings (SSSR count). The van der Waals surface area contributed by atoms with Crippen LogP contribution >= 0.6 is 0 Å². The highest BCUT2D eigenvalue weighted by Crippen LogP contribution is 2.11. The van der Waals surface area contributed by atoms with E-state index in [-0.39, 0.29) is 23.8 Å². The molecule has 6 nitrogen and oxygen atoms in total. The van der Waals surface area contributed by atoms with E-state index in [9.17, 15) is 9.59 Å². The summed E-state index contributed by atoms with van der Waals surface area (Å²) in [5, 5.41) is 11.6. The third kappa shape index (κ3) is 4.12. The zero-order chi connectivity index (χ0) is 16.1. The number of amides is 1. The molecule has 0 aliphatic rings. The number of carbonyl (C=O) groups is 2. The van der Waals surface area contributed by atoms with Gasteiger partial charge in [-0.25, -0.2) is 14.8 Å². The van der Waals surface area contributed by atoms with Crippen molar-refractivity contribution < 1.29 is 14.7 Å². The predicted molar refractivity (Wildman–Crippen MR) is 81.9 cm³/mol. The molecule has 0 fully saturated rings. The van der Waals surface area contributed by atoms with Gasteiger partial charge < -0.3 is 10.4 Å². The Morgan fingerprint density at radius 3 is 2.50 bits per heavy atom. The van der Waals surface area contributed by atoms with E-state index in [4.69, 9.17) is 5.11 Å². The monoisotopic (exact) mass is 299 g/mol. The lowest BCUT2D eigenvalue weighted by Gasteiger charge is -2.07. The van der Waals surface area contributed by atoms with Crippen molar-refractivity contribution in [2.24, 2.45) is 0 Å². The van der Waals surface area contributed by atoms with Gasteiger partial charge in [-0.2, -0.15) is 0 Å². The molecule has 0 saturated carbocycles. The van der Waals surface area contributed by atoms with E-state index in [0.29, 0.717) is 17.1 Å². The predicted octanol–water partition coefficient (Wildman–Crippen LogP) is 2.48. The highest BCUT2D eigenvalue weighted by molar-refractivity contribution is 5.93. The smallest absolute Gasteiger partial charge is 0.335 e. The second-order valence-corrected chi connectivity index (χ2v) is 5.22. The molecule has 114 valence electrons. The normalized spacial score (nSPS) is 10.5. The topological polar surface area (TPSA) is 92.2 Å². The molecule has 0 bridgehead atoms. The van der Waals surface area contributed by atoms with Crippen molar-refractivity contribution >= 4 is 17.6 Å². The Kier molecular flexibility index (Phi) is 4.83. The molecule has 0 radical (unpaired) electrons. The number of nitrogens with one attached hydrogen (secondary N) is 1. The minimum Gasteiger partial charge on any atom is -0.478 e. The van der Waals surface area contributed by atoms with Gasteiger partial charge in [0, 0.05) is 5.92 Å². The number of aromatic nitrogens is 2. The van der Waals surface area contributed by atoms with Gasteiger partial charge in [-0.15, -0.1) is 0 Å². The van der Waals surface area contributed by atoms with Crippen LogP contribution in [0.15, 0.2) is 36.7 Å². The van der Waals surface area contributed by atoms with Crippen LogP contribution < -0.4 is 5.32 Å². The summed E-state index contributed by atoms with van der Waals surface area (Å²) >= 11 is 0. The van der Waals surface area contributed by atoms with Crippen LogP contribution in [0.25, 0.3) is 0 Å². The second-order valence-electron chi connectivity index (χ2n) is 5.22. The van der Waals surface area contributed by atoms with Crippen LogP contribution in [0.4, 0.5) is 5.69 Å². The quantitative estimate of drug-likeness (QED) is 0.884. The number of benzene rings is 1. The molecule has 0 saturated heterocycles. The molecule has 1 aromatic heterocycles. The molecule has 0 aliphatic heterocycles. The Labute approximate surface area is 128 Å². The number of hydrogen-bond donors (Lipinski definition) is 2. The van der Waals surface area contributed by atoms with Crippen LogP contribution in [0.5, 0.6) is 0 Å². The Morgan fingerprint density at radius 2 is 1.91 bits per heavy atom. The van der Waals surface area contributed by atoms with Crippen LogP contribution in [0, 0.1) is 0 Å². The van der Waals surface area contributed by atoms with Crippen molar-refractivity contribution in [1.29, 1.82) is 0 Å². The van der Waals surface area contributed by atoms with Gasteiger partial charge in [0.15, 0.2) is 0 Å². The van der Waals surface area contributed by atoms with Crippen molar-refractivity contribution in [3.63, 3.8) is 0 Å². The molecule has 0 spiro atoms. The largest absolute Gasteiger partial charge is 0.478 e. The van der Waals surface area contributed by atoms with E-state index < -0.39 is 5.97 Å². The number of carbonyl (C=O) groups excluding carboxylic acids is 1. The fourth-order valence-electron chi connectivity index (χ4n) is 1.91. The molecule has 2 aromatic rings. The van der Waals surface area contributed by atoms with Crippen LogP contribution in [0.1, 0.15) is 41.5 Å². The lowest BCUT2D eigenvalue weighted by molar-refractivity contribution is -0.115. The standard InChI is InChI=1S/C16H17N3O3/c1-10(2)15-17-8-13(9-18-15)19-14(20)7-11-4-3-5-12(6-11)16(21)22/h3-6,8-10H,7H2,1-2H3,(H,19,20)(H,21,22). The van der Waals surface area contributed by atoms with Crippen molar-refractivity contribution in [1.82, 2.24) is 9.97 Å². The summed E-state index contributed by atoms with van der Waals surface area (Å²) in [6, 6.07) is 6.31. The fraction of sp³-hybridized carbons (Fsp3) is 0.250. The number of anilines is 1. The number of aromatic carboxylic acids is 1. The van der Waals surface area contributed by atoms with Crippen molar-refractivity contribution in [3.05, 3.63) is 53.6 Å². The zero-order valence-electron chi connectivity index (χ0n) is 12.4. The first kappa shape index (κ1) is 15.6. The Bertz CT molecular complexity index is 681. The summed E-state index contributed by atoms with van der Waals surface area (Å²) in [5.74, 6) is -0.320. The van der Waals surface area contributed by atoms with Gasteiger partial charge in [-0.1, -0.05) is 26.0 Å². The Hall–Kier alpha value is -2.76. The van der Waals surface area contributed by atoms with E-state index in [1.807, 2.05) is 13.8 Å². The molecule has 1 aromatic carbocycles. The molecular weight excluding hydrogens is 282 g/mol. The third-order valence-electron chi connectivity index (χ3n) is 3.01. The van der Waals surface area contributed by atoms with Gasteiger partial charge in [-0.3, -0.25) is 4.79 Å². The van der Waals surface area contributed by atoms with E-state index >= 15 is 0 Å². The van der Waals surface area contributed by atoms with E-state index in [1.165, 1.54) is 12.1 Å². The molecule has 1 amide bonds. The molecular formula is C16H17N3O3. The van der Waals surface area contributed by atoms with Gasteiger partial charge in [0.1, 0.15) is 5.82 Å². The summed E-state index contributed by atoms with van der Waals surface area (Å²) in [4.78, 5) is 31.2. The highest BCUT2D eigenvalue weighted by Gasteiger charge is 2.09. The second kappa shape index (κ2) is 6.80. The van der Waals surface area contributed by atoms with Crippen LogP contribution in [0.3, 0.4) is 0 Å². The van der Waals surface area contributed by atoms with Crippen LogP contribution in [-0.2, 0) is 11.2 Å². The maximum absolute atomic E-state index is 12.0. The van der Waals surface area contributed by atoms with Gasteiger partial charge >= 0.3 is 5.97 Å². The SMILES string of the molecule is CC(C)c1ncc(NC(=O)Cc2cccc(C(=O)O)c2)cn1. The third-order valence-corrected chi connectivity index (χ3v) is 3.01. The first-order chi connectivity index (χ1) is 10.5. The molecule has 0 unspecified atom stereocenters. The minimum atomic E-state index is -1.01. The summed E-state index contributed by atoms with van der Waals surface area (Å²) < 4.78 is 0. The van der Waals surface area contributed by atoms with Crippen LogP contribution in [0.2, 0.25) is 0 Å². The van der Waals surface area contributed by atoms with E-state index in [2.05, 4.69) is 15.3 Å². The summed E-state index contributed by atoms with van der Waals surface area (Å²) in [7, 11) is 0. The number of carboxylic acid groups (broad SMARTS) is 1. The highest BCUT2D eigenvalue weighted by atomic mass is 16.4. The van der Waals surface area contributed by atoms with E-state index in [0.717, 1.165) is 0 Å². The van der Waals surface area contributed by atoms with Crippen molar-refractivity contribution in [3.8, 4) is 0 Å². The van der Waals surface area contributed by atoms with Crippen molar-refractivity contribution in [2.45, 2.75) is 26.2 Å². The van der Waals surface area contributed by atoms with Crippen LogP contribution in [-0.4, -0.2) is 27.0 Å². The Balaban J connectivity index is 2.00. The van der Waals surface area contributed by atoms with Crippen molar-refractivity contribution in [2.75, 3.05) is 5.32 Å². The first-order valence-corrected chi connectivity index (χ1v) is 6.89. The summed E-state index contributed by atoms with van der Waals surface area (Å²) in [6.07, 6.45) is 3.22. The van der Waals surface area contributed by atoms with Gasteiger partial charge in [0.2, 0.25) is 5.91 Å². The average Bonchev–Trinajstić information content (AvgIpc) is 2.47. The molecule has 2 N–H and O–H groups in total. The Morgan fingerprint density at radius 1 is 1.23 bits per heavy atom. The minimum absolute atomic E-state index is 0.0903. The molecule has 22 heavy (non-hydrogen) atoms. The molecule has 1 heterocycles. The lowest BCUT2D eigenvalue weighted by atomic mass is 10.1. The molecule has 0 aliphatic carbocycles. The summed E-state index contributed by atoms with van der Waals surface area (Å²) in [5.41, 5.74) is 1.32. The van der Waals surface area contributed by atoms with E-state index in [1.54, 1.807) is 24.5 Å².